The monoisotopic (exact) mass is 634 g/mol. The number of halogens is 5. The fourth-order valence-electron chi connectivity index (χ4n) is 6.30. The van der Waals surface area contributed by atoms with Gasteiger partial charge in [0, 0.05) is 61.7 Å². The number of aliphatic imine (C=N–C) groups is 1. The molecular weight excluding hydrogens is 600 g/mol. The van der Waals surface area contributed by atoms with Gasteiger partial charge in [0.15, 0.2) is 0 Å². The standard InChI is InChI=1S/C32H35ClF4N4O3/c1-20(2)41(31(43)44-26-10-8-25(34)9-11-26)28-19-40(18-27(28)21-3-6-24(33)7-4-21)30(42)22-13-15-39(16-14-22)29-12-5-23(17-38-29)32(35,36)37/h3-4,6-11,17,20,22,27-28H,5,12-16,18-19H2,1-2H3/t27?,28-/m1/s1. The van der Waals surface area contributed by atoms with Crippen molar-refractivity contribution in [2.45, 2.75) is 63.7 Å². The first-order chi connectivity index (χ1) is 20.9. The van der Waals surface area contributed by atoms with E-state index in [0.717, 1.165) is 11.8 Å². The van der Waals surface area contributed by atoms with Crippen LogP contribution in [-0.2, 0) is 4.79 Å². The van der Waals surface area contributed by atoms with Crippen LogP contribution in [0.25, 0.3) is 0 Å². The highest BCUT2D eigenvalue weighted by molar-refractivity contribution is 6.30. The number of carbonyl (C=O) groups excluding carboxylic acids is 2. The van der Waals surface area contributed by atoms with Gasteiger partial charge in [-0.3, -0.25) is 9.69 Å². The Morgan fingerprint density at radius 3 is 2.23 bits per heavy atom. The van der Waals surface area contributed by atoms with E-state index in [-0.39, 0.29) is 48.4 Å². The van der Waals surface area contributed by atoms with Crippen LogP contribution < -0.4 is 4.74 Å². The SMILES string of the molecule is CC(C)N(C(=O)Oc1ccc(F)cc1)[C@@H]1CN(C(=O)C2CCN(C3=NC=C(C(F)(F)F)CC3)CC2)CC1c1ccc(Cl)cc1. The van der Waals surface area contributed by atoms with Crippen LogP contribution in [0.15, 0.2) is 65.3 Å². The van der Waals surface area contributed by atoms with Crippen molar-refractivity contribution in [2.75, 3.05) is 26.2 Å². The number of nitrogens with zero attached hydrogens (tertiary/aromatic N) is 4. The number of likely N-dealkylation sites (tertiary alicyclic amines) is 2. The molecule has 0 spiro atoms. The Morgan fingerprint density at radius 1 is 1.00 bits per heavy atom. The van der Waals surface area contributed by atoms with Crippen molar-refractivity contribution in [1.29, 1.82) is 0 Å². The summed E-state index contributed by atoms with van der Waals surface area (Å²) in [6, 6.07) is 11.9. The first-order valence-electron chi connectivity index (χ1n) is 14.8. The van der Waals surface area contributed by atoms with Crippen LogP contribution in [0.4, 0.5) is 22.4 Å². The Labute approximate surface area is 259 Å². The number of hydrogen-bond donors (Lipinski definition) is 0. The summed E-state index contributed by atoms with van der Waals surface area (Å²) in [6.07, 6.45) is -2.80. The maximum absolute atomic E-state index is 13.8. The molecule has 2 aromatic carbocycles. The van der Waals surface area contributed by atoms with Crippen LogP contribution >= 0.6 is 11.6 Å². The molecule has 3 aliphatic rings. The van der Waals surface area contributed by atoms with E-state index in [1.807, 2.05) is 30.9 Å². The van der Waals surface area contributed by atoms with E-state index in [9.17, 15) is 27.2 Å². The summed E-state index contributed by atoms with van der Waals surface area (Å²) in [7, 11) is 0. The zero-order valence-corrected chi connectivity index (χ0v) is 25.3. The van der Waals surface area contributed by atoms with Gasteiger partial charge in [-0.1, -0.05) is 23.7 Å². The molecular formula is C32H35ClF4N4O3. The zero-order valence-electron chi connectivity index (χ0n) is 24.6. The van der Waals surface area contributed by atoms with E-state index >= 15 is 0 Å². The topological polar surface area (TPSA) is 65.5 Å². The molecule has 2 fully saturated rings. The molecule has 44 heavy (non-hydrogen) atoms. The molecule has 0 aromatic heterocycles. The molecule has 1 unspecified atom stereocenters. The predicted molar refractivity (Wildman–Crippen MR) is 159 cm³/mol. The molecule has 0 N–H and O–H groups in total. The number of benzene rings is 2. The highest BCUT2D eigenvalue weighted by Crippen LogP contribution is 2.36. The maximum Gasteiger partial charge on any atom is 0.415 e. The van der Waals surface area contributed by atoms with Gasteiger partial charge < -0.3 is 14.5 Å². The number of allylic oxidation sites excluding steroid dienone is 1. The second-order valence-corrected chi connectivity index (χ2v) is 12.2. The summed E-state index contributed by atoms with van der Waals surface area (Å²) in [4.78, 5) is 36.9. The zero-order chi connectivity index (χ0) is 31.6. The lowest BCUT2D eigenvalue weighted by molar-refractivity contribution is -0.136. The third-order valence-electron chi connectivity index (χ3n) is 8.60. The number of amidine groups is 1. The molecule has 3 aliphatic heterocycles. The van der Waals surface area contributed by atoms with E-state index in [0.29, 0.717) is 49.9 Å². The first-order valence-corrected chi connectivity index (χ1v) is 15.2. The van der Waals surface area contributed by atoms with Crippen molar-refractivity contribution in [2.24, 2.45) is 10.9 Å². The number of carbonyl (C=O) groups is 2. The summed E-state index contributed by atoms with van der Waals surface area (Å²) >= 11 is 6.15. The minimum Gasteiger partial charge on any atom is -0.410 e. The van der Waals surface area contributed by atoms with Gasteiger partial charge in [0.1, 0.15) is 17.4 Å². The second-order valence-electron chi connectivity index (χ2n) is 11.8. The van der Waals surface area contributed by atoms with Gasteiger partial charge >= 0.3 is 12.3 Å². The molecule has 236 valence electrons. The van der Waals surface area contributed by atoms with Crippen LogP contribution in [-0.4, -0.2) is 77.0 Å². The van der Waals surface area contributed by atoms with Gasteiger partial charge in [0.25, 0.3) is 0 Å². The van der Waals surface area contributed by atoms with Crippen LogP contribution in [0, 0.1) is 11.7 Å². The van der Waals surface area contributed by atoms with E-state index in [4.69, 9.17) is 16.3 Å². The Bertz CT molecular complexity index is 1400. The number of alkyl halides is 3. The number of ether oxygens (including phenoxy) is 1. The molecule has 0 radical (unpaired) electrons. The van der Waals surface area contributed by atoms with Gasteiger partial charge in [0.05, 0.1) is 11.6 Å². The molecule has 2 atom stereocenters. The second kappa shape index (κ2) is 13.2. The molecule has 0 bridgehead atoms. The van der Waals surface area contributed by atoms with E-state index in [1.54, 1.807) is 21.9 Å². The van der Waals surface area contributed by atoms with Crippen LogP contribution in [0.2, 0.25) is 5.02 Å². The molecule has 12 heteroatoms. The van der Waals surface area contributed by atoms with Crippen molar-refractivity contribution >= 4 is 29.4 Å². The highest BCUT2D eigenvalue weighted by Gasteiger charge is 2.44. The van der Waals surface area contributed by atoms with Crippen molar-refractivity contribution in [3.63, 3.8) is 0 Å². The molecule has 2 saturated heterocycles. The average Bonchev–Trinajstić information content (AvgIpc) is 3.42. The van der Waals surface area contributed by atoms with Crippen LogP contribution in [0.3, 0.4) is 0 Å². The summed E-state index contributed by atoms with van der Waals surface area (Å²) in [5.74, 6) is -0.0591. The fraction of sp³-hybridized carbons (Fsp3) is 0.469. The van der Waals surface area contributed by atoms with E-state index < -0.39 is 23.7 Å². The highest BCUT2D eigenvalue weighted by atomic mass is 35.5. The third kappa shape index (κ3) is 7.20. The van der Waals surface area contributed by atoms with Crippen molar-refractivity contribution < 1.29 is 31.9 Å². The Balaban J connectivity index is 1.30. The molecule has 2 amide bonds. The summed E-state index contributed by atoms with van der Waals surface area (Å²) < 4.78 is 58.0. The van der Waals surface area contributed by atoms with Gasteiger partial charge in [-0.2, -0.15) is 13.2 Å². The summed E-state index contributed by atoms with van der Waals surface area (Å²) in [5.41, 5.74) is 0.313. The van der Waals surface area contributed by atoms with Gasteiger partial charge in [-0.15, -0.1) is 0 Å². The fourth-order valence-corrected chi connectivity index (χ4v) is 6.42. The van der Waals surface area contributed by atoms with E-state index in [2.05, 4.69) is 4.99 Å². The minimum absolute atomic E-state index is 0.00782. The van der Waals surface area contributed by atoms with Gasteiger partial charge in [0.2, 0.25) is 5.91 Å². The number of piperidine rings is 1. The average molecular weight is 635 g/mol. The summed E-state index contributed by atoms with van der Waals surface area (Å²) in [5, 5.41) is 0.576. The lowest BCUT2D eigenvalue weighted by atomic mass is 9.92. The van der Waals surface area contributed by atoms with Gasteiger partial charge in [-0.25, -0.2) is 14.2 Å². The van der Waals surface area contributed by atoms with Crippen molar-refractivity contribution in [3.8, 4) is 5.75 Å². The number of rotatable bonds is 5. The third-order valence-corrected chi connectivity index (χ3v) is 8.85. The predicted octanol–water partition coefficient (Wildman–Crippen LogP) is 7.03. The smallest absolute Gasteiger partial charge is 0.410 e. The minimum atomic E-state index is -4.37. The van der Waals surface area contributed by atoms with Crippen molar-refractivity contribution in [1.82, 2.24) is 14.7 Å². The van der Waals surface area contributed by atoms with Gasteiger partial charge in [-0.05, 0) is 75.1 Å². The molecule has 0 aliphatic carbocycles. The molecule has 5 rings (SSSR count). The first kappa shape index (κ1) is 31.8. The largest absolute Gasteiger partial charge is 0.415 e. The quantitative estimate of drug-likeness (QED) is 0.331. The molecule has 0 saturated carbocycles. The Hall–Kier alpha value is -3.60. The molecule has 7 nitrogen and oxygen atoms in total. The number of hydrogen-bond acceptors (Lipinski definition) is 5. The summed E-state index contributed by atoms with van der Waals surface area (Å²) in [6.45, 7) is 5.53. The molecule has 2 aromatic rings. The lowest BCUT2D eigenvalue weighted by Gasteiger charge is -2.36. The number of amides is 2. The Morgan fingerprint density at radius 2 is 1.66 bits per heavy atom. The maximum atomic E-state index is 13.8. The Kier molecular flexibility index (Phi) is 9.53. The lowest BCUT2D eigenvalue weighted by Crippen LogP contribution is -2.50. The normalized spacial score (nSPS) is 21.3. The van der Waals surface area contributed by atoms with Crippen molar-refractivity contribution in [3.05, 3.63) is 76.7 Å². The van der Waals surface area contributed by atoms with Crippen LogP contribution in [0.1, 0.15) is 51.0 Å². The molecule has 3 heterocycles. The van der Waals surface area contributed by atoms with Crippen LogP contribution in [0.5, 0.6) is 5.75 Å². The van der Waals surface area contributed by atoms with E-state index in [1.165, 1.54) is 24.3 Å².